The van der Waals surface area contributed by atoms with Crippen LogP contribution in [-0.4, -0.2) is 30.4 Å². The van der Waals surface area contributed by atoms with Crippen molar-refractivity contribution in [1.29, 1.82) is 0 Å². The van der Waals surface area contributed by atoms with E-state index in [1.165, 1.54) is 6.42 Å². The van der Waals surface area contributed by atoms with E-state index in [0.29, 0.717) is 24.8 Å². The first-order chi connectivity index (χ1) is 6.24. The minimum Gasteiger partial charge on any atom is -0.342 e. The van der Waals surface area contributed by atoms with Crippen molar-refractivity contribution >= 4 is 5.91 Å². The summed E-state index contributed by atoms with van der Waals surface area (Å²) in [5.41, 5.74) is 5.37. The second kappa shape index (κ2) is 5.22. The maximum absolute atomic E-state index is 11.6. The summed E-state index contributed by atoms with van der Waals surface area (Å²) in [6.07, 6.45) is 3.77. The maximum atomic E-state index is 11.6. The van der Waals surface area contributed by atoms with Crippen LogP contribution in [0.2, 0.25) is 0 Å². The van der Waals surface area contributed by atoms with Gasteiger partial charge in [0.25, 0.3) is 0 Å². The zero-order chi connectivity index (χ0) is 9.68. The Morgan fingerprint density at radius 1 is 1.54 bits per heavy atom. The Kier molecular flexibility index (Phi) is 4.22. The number of amides is 1. The highest BCUT2D eigenvalue weighted by molar-refractivity contribution is 5.76. The molecular weight excluding hydrogens is 164 g/mol. The molecule has 1 amide bonds. The third-order valence-corrected chi connectivity index (χ3v) is 2.62. The molecule has 0 bridgehead atoms. The molecule has 1 unspecified atom stereocenters. The Labute approximate surface area is 80.3 Å². The highest BCUT2D eigenvalue weighted by Gasteiger charge is 2.22. The van der Waals surface area contributed by atoms with Gasteiger partial charge in [-0.1, -0.05) is 6.92 Å². The summed E-state index contributed by atoms with van der Waals surface area (Å²) in [7, 11) is 0. The van der Waals surface area contributed by atoms with Crippen molar-refractivity contribution in [1.82, 2.24) is 4.90 Å². The molecule has 0 radical (unpaired) electrons. The van der Waals surface area contributed by atoms with Crippen LogP contribution >= 0.6 is 0 Å². The molecule has 0 saturated carbocycles. The molecule has 76 valence electrons. The lowest BCUT2D eigenvalue weighted by Gasteiger charge is -2.15. The average molecular weight is 184 g/mol. The number of nitrogens with two attached hydrogens (primary N) is 1. The second-order valence-corrected chi connectivity index (χ2v) is 3.98. The van der Waals surface area contributed by atoms with E-state index >= 15 is 0 Å². The van der Waals surface area contributed by atoms with E-state index in [1.54, 1.807) is 0 Å². The van der Waals surface area contributed by atoms with Gasteiger partial charge < -0.3 is 10.6 Å². The van der Waals surface area contributed by atoms with Crippen molar-refractivity contribution in [2.75, 3.05) is 19.6 Å². The van der Waals surface area contributed by atoms with Crippen LogP contribution in [0.1, 0.15) is 32.6 Å². The monoisotopic (exact) mass is 184 g/mol. The Bertz CT molecular complexity index is 170. The number of carbonyl (C=O) groups is 1. The standard InChI is InChI=1S/C10H20N2O/c1-9-5-7-12(8-9)10(13)4-2-3-6-11/h9H,2-8,11H2,1H3. The lowest BCUT2D eigenvalue weighted by atomic mass is 10.2. The van der Waals surface area contributed by atoms with Gasteiger partial charge in [-0.25, -0.2) is 0 Å². The first kappa shape index (κ1) is 10.5. The Hall–Kier alpha value is -0.570. The number of likely N-dealkylation sites (tertiary alicyclic amines) is 1. The predicted octanol–water partition coefficient (Wildman–Crippen LogP) is 0.984. The first-order valence-electron chi connectivity index (χ1n) is 5.22. The van der Waals surface area contributed by atoms with Gasteiger partial charge in [0.1, 0.15) is 0 Å². The van der Waals surface area contributed by atoms with Gasteiger partial charge in [0.2, 0.25) is 5.91 Å². The SMILES string of the molecule is CC1CCN(C(=O)CCCCN)C1. The van der Waals surface area contributed by atoms with E-state index in [-0.39, 0.29) is 0 Å². The van der Waals surface area contributed by atoms with Crippen LogP contribution in [0.3, 0.4) is 0 Å². The predicted molar refractivity (Wildman–Crippen MR) is 53.3 cm³/mol. The van der Waals surface area contributed by atoms with Gasteiger partial charge in [-0.3, -0.25) is 4.79 Å². The molecule has 1 heterocycles. The molecule has 0 aromatic carbocycles. The third-order valence-electron chi connectivity index (χ3n) is 2.62. The van der Waals surface area contributed by atoms with E-state index in [1.807, 2.05) is 4.90 Å². The number of carbonyl (C=O) groups excluding carboxylic acids is 1. The third kappa shape index (κ3) is 3.35. The highest BCUT2D eigenvalue weighted by atomic mass is 16.2. The molecule has 1 saturated heterocycles. The van der Waals surface area contributed by atoms with E-state index in [0.717, 1.165) is 25.9 Å². The lowest BCUT2D eigenvalue weighted by molar-refractivity contribution is -0.130. The molecule has 3 nitrogen and oxygen atoms in total. The lowest BCUT2D eigenvalue weighted by Crippen LogP contribution is -2.28. The summed E-state index contributed by atoms with van der Waals surface area (Å²) in [5, 5.41) is 0. The van der Waals surface area contributed by atoms with Crippen LogP contribution in [0.4, 0.5) is 0 Å². The van der Waals surface area contributed by atoms with Gasteiger partial charge in [0.05, 0.1) is 0 Å². The number of rotatable bonds is 4. The fourth-order valence-electron chi connectivity index (χ4n) is 1.74. The summed E-state index contributed by atoms with van der Waals surface area (Å²) >= 11 is 0. The normalized spacial score (nSPS) is 22.3. The van der Waals surface area contributed by atoms with Crippen molar-refractivity contribution in [2.24, 2.45) is 11.7 Å². The minimum atomic E-state index is 0.317. The molecule has 1 atom stereocenters. The van der Waals surface area contributed by atoms with E-state index in [9.17, 15) is 4.79 Å². The molecule has 0 aromatic heterocycles. The van der Waals surface area contributed by atoms with Crippen molar-refractivity contribution in [3.8, 4) is 0 Å². The molecular formula is C10H20N2O. The number of hydrogen-bond acceptors (Lipinski definition) is 2. The number of hydrogen-bond donors (Lipinski definition) is 1. The molecule has 2 N–H and O–H groups in total. The first-order valence-corrected chi connectivity index (χ1v) is 5.22. The minimum absolute atomic E-state index is 0.317. The molecule has 13 heavy (non-hydrogen) atoms. The van der Waals surface area contributed by atoms with Crippen LogP contribution in [-0.2, 0) is 4.79 Å². The highest BCUT2D eigenvalue weighted by Crippen LogP contribution is 2.16. The quantitative estimate of drug-likeness (QED) is 0.662. The Morgan fingerprint density at radius 2 is 2.31 bits per heavy atom. The largest absolute Gasteiger partial charge is 0.342 e. The van der Waals surface area contributed by atoms with Gasteiger partial charge in [-0.15, -0.1) is 0 Å². The summed E-state index contributed by atoms with van der Waals surface area (Å²) < 4.78 is 0. The number of nitrogens with zero attached hydrogens (tertiary/aromatic N) is 1. The zero-order valence-corrected chi connectivity index (χ0v) is 8.46. The molecule has 1 fully saturated rings. The van der Waals surface area contributed by atoms with Crippen molar-refractivity contribution in [3.05, 3.63) is 0 Å². The fourth-order valence-corrected chi connectivity index (χ4v) is 1.74. The topological polar surface area (TPSA) is 46.3 Å². The molecule has 1 rings (SSSR count). The Morgan fingerprint density at radius 3 is 2.85 bits per heavy atom. The summed E-state index contributed by atoms with van der Waals surface area (Å²) in [4.78, 5) is 13.5. The van der Waals surface area contributed by atoms with E-state index in [2.05, 4.69) is 6.92 Å². The summed E-state index contributed by atoms with van der Waals surface area (Å²) in [5.74, 6) is 1.01. The van der Waals surface area contributed by atoms with E-state index < -0.39 is 0 Å². The molecule has 1 aliphatic rings. The van der Waals surface area contributed by atoms with Gasteiger partial charge in [0.15, 0.2) is 0 Å². The second-order valence-electron chi connectivity index (χ2n) is 3.98. The van der Waals surface area contributed by atoms with Gasteiger partial charge in [0, 0.05) is 19.5 Å². The molecule has 0 spiro atoms. The van der Waals surface area contributed by atoms with Crippen LogP contribution in [0.15, 0.2) is 0 Å². The summed E-state index contributed by atoms with van der Waals surface area (Å²) in [6.45, 7) is 4.82. The number of unbranched alkanes of at least 4 members (excludes halogenated alkanes) is 1. The average Bonchev–Trinajstić information content (AvgIpc) is 2.52. The molecule has 0 aromatic rings. The summed E-state index contributed by atoms with van der Waals surface area (Å²) in [6, 6.07) is 0. The molecule has 1 aliphatic heterocycles. The van der Waals surface area contributed by atoms with Crippen LogP contribution in [0, 0.1) is 5.92 Å². The van der Waals surface area contributed by atoms with Crippen LogP contribution in [0.25, 0.3) is 0 Å². The van der Waals surface area contributed by atoms with Gasteiger partial charge in [-0.2, -0.15) is 0 Å². The van der Waals surface area contributed by atoms with E-state index in [4.69, 9.17) is 5.73 Å². The smallest absolute Gasteiger partial charge is 0.222 e. The fraction of sp³-hybridized carbons (Fsp3) is 0.900. The zero-order valence-electron chi connectivity index (χ0n) is 8.46. The van der Waals surface area contributed by atoms with Crippen molar-refractivity contribution < 1.29 is 4.79 Å². The van der Waals surface area contributed by atoms with Gasteiger partial charge >= 0.3 is 0 Å². The van der Waals surface area contributed by atoms with Crippen molar-refractivity contribution in [2.45, 2.75) is 32.6 Å². The van der Waals surface area contributed by atoms with Gasteiger partial charge in [-0.05, 0) is 31.7 Å². The molecule has 3 heteroatoms. The Balaban J connectivity index is 2.16. The van der Waals surface area contributed by atoms with Crippen molar-refractivity contribution in [3.63, 3.8) is 0 Å². The van der Waals surface area contributed by atoms with Crippen LogP contribution in [0.5, 0.6) is 0 Å². The van der Waals surface area contributed by atoms with Crippen LogP contribution < -0.4 is 5.73 Å². The molecule has 0 aliphatic carbocycles. The maximum Gasteiger partial charge on any atom is 0.222 e.